The summed E-state index contributed by atoms with van der Waals surface area (Å²) in [5.41, 5.74) is 6.42. The van der Waals surface area contributed by atoms with Gasteiger partial charge in [0.1, 0.15) is 26.8 Å². The molecule has 3 aliphatic rings. The van der Waals surface area contributed by atoms with E-state index in [1.807, 2.05) is 52.0 Å². The zero-order chi connectivity index (χ0) is 49.4. The number of carboxylic acids is 1. The number of allylic oxidation sites excluding steroid dienone is 7. The number of thioether (sulfide) groups is 1. The summed E-state index contributed by atoms with van der Waals surface area (Å²) >= 11 is 1.59. The van der Waals surface area contributed by atoms with Crippen LogP contribution in [-0.2, 0) is 40.7 Å². The predicted octanol–water partition coefficient (Wildman–Crippen LogP) is 7.07. The number of hydrogen-bond acceptors (Lipinski definition) is 10. The molecule has 0 aromatic heterocycles. The van der Waals surface area contributed by atoms with Crippen molar-refractivity contribution in [2.24, 2.45) is 0 Å². The Kier molecular flexibility index (Phi) is 19.4. The fourth-order valence-electron chi connectivity index (χ4n) is 9.15. The first kappa shape index (κ1) is 55.9. The third-order valence-electron chi connectivity index (χ3n) is 12.7. The Morgan fingerprint density at radius 2 is 1.45 bits per heavy atom. The van der Waals surface area contributed by atoms with Crippen molar-refractivity contribution in [2.75, 3.05) is 23.3 Å². The van der Waals surface area contributed by atoms with Gasteiger partial charge in [0.15, 0.2) is 5.71 Å². The predicted molar refractivity (Wildman–Crippen MR) is 266 cm³/mol. The maximum atomic E-state index is 12.6. The number of anilines is 2. The number of terminal acetylenes is 2. The van der Waals surface area contributed by atoms with E-state index in [4.69, 9.17) is 18.0 Å². The Labute approximate surface area is 454 Å². The molecule has 0 fully saturated rings. The second-order valence-electron chi connectivity index (χ2n) is 18.2. The zero-order valence-electron chi connectivity index (χ0n) is 40.0. The molecule has 2 heterocycles. The van der Waals surface area contributed by atoms with E-state index >= 15 is 0 Å². The van der Waals surface area contributed by atoms with Crippen LogP contribution in [-0.4, -0.2) is 66.3 Å². The van der Waals surface area contributed by atoms with Crippen LogP contribution in [0.2, 0.25) is 0 Å². The number of carbonyl (C=O) groups excluding carboxylic acids is 1. The molecule has 2 aliphatic heterocycles. The first-order valence-electron chi connectivity index (χ1n) is 22.8. The average Bonchev–Trinajstić information content (AvgIpc) is 3.62. The molecule has 358 valence electrons. The van der Waals surface area contributed by atoms with Crippen LogP contribution in [0.25, 0.3) is 0 Å². The fraction of sp³-hybridized carbons (Fsp3) is 0.377. The number of fused-ring (bicyclic) bond motifs is 2. The van der Waals surface area contributed by atoms with Crippen molar-refractivity contribution in [2.45, 2.75) is 130 Å². The SMILES string of the molecule is C#CCCCCN1/C(=C/C=C2\CCCC(/C=C/C3=[N+](CCCCC#C)c4ccc(S(=O)(=O)[O-])cc4C3(C)C)=C2Sc2ccc(NC(=O)CCCC(=O)O)cc2)C(C)(C)c2cc(S(=O)(=O)[O-])ccc21.[K+]. The van der Waals surface area contributed by atoms with Crippen LogP contribution < -0.4 is 61.6 Å². The maximum Gasteiger partial charge on any atom is 1.00 e. The molecular weight excluding hydrogens is 958 g/mol. The number of rotatable bonds is 20. The summed E-state index contributed by atoms with van der Waals surface area (Å²) in [4.78, 5) is 27.1. The summed E-state index contributed by atoms with van der Waals surface area (Å²) < 4.78 is 75.3. The number of hydrogen-bond donors (Lipinski definition) is 2. The van der Waals surface area contributed by atoms with Crippen molar-refractivity contribution in [3.8, 4) is 24.7 Å². The van der Waals surface area contributed by atoms with Gasteiger partial charge in [0.2, 0.25) is 11.6 Å². The minimum Gasteiger partial charge on any atom is -0.744 e. The Morgan fingerprint density at radius 3 is 2.09 bits per heavy atom. The Bertz CT molecular complexity index is 2940. The molecule has 0 saturated heterocycles. The summed E-state index contributed by atoms with van der Waals surface area (Å²) in [5, 5.41) is 11.8. The van der Waals surface area contributed by atoms with Crippen molar-refractivity contribution in [3.05, 3.63) is 118 Å². The van der Waals surface area contributed by atoms with Gasteiger partial charge in [-0.1, -0.05) is 37.8 Å². The molecule has 69 heavy (non-hydrogen) atoms. The Balaban J connectivity index is 0.00000888. The largest absolute Gasteiger partial charge is 1.00 e. The molecule has 0 unspecified atom stereocenters. The van der Waals surface area contributed by atoms with Crippen molar-refractivity contribution in [3.63, 3.8) is 0 Å². The van der Waals surface area contributed by atoms with Crippen molar-refractivity contribution in [1.29, 1.82) is 0 Å². The van der Waals surface area contributed by atoms with E-state index in [9.17, 15) is 35.5 Å². The van der Waals surface area contributed by atoms with E-state index in [0.717, 1.165) is 99.8 Å². The topological polar surface area (TPSA) is 187 Å². The van der Waals surface area contributed by atoms with Crippen LogP contribution in [0.4, 0.5) is 17.1 Å². The number of benzene rings is 3. The van der Waals surface area contributed by atoms with E-state index < -0.39 is 37.0 Å². The molecule has 1 aliphatic carbocycles. The molecule has 6 rings (SSSR count). The number of carbonyl (C=O) groups is 2. The van der Waals surface area contributed by atoms with Crippen LogP contribution in [0.1, 0.15) is 116 Å². The van der Waals surface area contributed by atoms with E-state index in [1.165, 1.54) is 24.3 Å². The molecule has 0 radical (unpaired) electrons. The van der Waals surface area contributed by atoms with Crippen LogP contribution in [0.5, 0.6) is 0 Å². The Morgan fingerprint density at radius 1 is 0.812 bits per heavy atom. The molecule has 0 spiro atoms. The van der Waals surface area contributed by atoms with Gasteiger partial charge in [0.05, 0.1) is 15.2 Å². The average molecular weight is 1020 g/mol. The minimum absolute atomic E-state index is 0. The molecule has 0 saturated carbocycles. The van der Waals surface area contributed by atoms with Gasteiger partial charge in [-0.05, 0) is 136 Å². The second kappa shape index (κ2) is 23.9. The molecule has 1 amide bonds. The van der Waals surface area contributed by atoms with E-state index in [1.54, 1.807) is 23.9 Å². The fourth-order valence-corrected chi connectivity index (χ4v) is 11.3. The summed E-state index contributed by atoms with van der Waals surface area (Å²) in [6, 6.07) is 16.6. The van der Waals surface area contributed by atoms with Gasteiger partial charge < -0.3 is 24.4 Å². The molecule has 0 bridgehead atoms. The van der Waals surface area contributed by atoms with Gasteiger partial charge in [-0.25, -0.2) is 16.8 Å². The quantitative estimate of drug-likeness (QED) is 0.0388. The standard InChI is InChI=1S/C53H59N3O9S3.K/c1-7-9-11-13-33-55-45-29-27-41(67(60,61)62)35-43(45)52(3,4)47(55)31-21-37-17-15-18-38(51(37)66-40-25-23-39(24-26-40)54-49(57)19-16-20-50(58)59)22-32-48-53(5,6)44-36-42(68(63,64)65)28-30-46(44)56(48)34-14-12-10-8-2;/h1-2,21-32,35-36H,9-20,33-34H2,3-6H3,(H3-,54,57,58,59,60,61,62,63,64,65);/q;+1/p-1. The second-order valence-corrected chi connectivity index (χ2v) is 22.1. The van der Waals surface area contributed by atoms with Gasteiger partial charge in [-0.3, -0.25) is 9.59 Å². The Hall–Kier alpha value is -4.04. The van der Waals surface area contributed by atoms with Crippen molar-refractivity contribution < 1.29 is 96.6 Å². The van der Waals surface area contributed by atoms with Crippen LogP contribution in [0.3, 0.4) is 0 Å². The number of unbranched alkanes of at least 4 members (excludes halogenated alkanes) is 4. The number of aliphatic carboxylic acids is 1. The normalized spacial score (nSPS) is 17.4. The third-order valence-corrected chi connectivity index (χ3v) is 15.6. The van der Waals surface area contributed by atoms with Gasteiger partial charge >= 0.3 is 57.4 Å². The summed E-state index contributed by atoms with van der Waals surface area (Å²) in [5.74, 6) is 4.18. The first-order chi connectivity index (χ1) is 32.2. The number of carboxylic acid groups (broad SMARTS) is 1. The number of nitrogens with one attached hydrogen (secondary N) is 1. The van der Waals surface area contributed by atoms with E-state index in [-0.39, 0.29) is 86.3 Å². The molecule has 3 aromatic rings. The molecule has 2 N–H and O–H groups in total. The number of amides is 1. The summed E-state index contributed by atoms with van der Waals surface area (Å²) in [6.07, 6.45) is 26.6. The summed E-state index contributed by atoms with van der Waals surface area (Å²) in [6.45, 7) is 9.36. The summed E-state index contributed by atoms with van der Waals surface area (Å²) in [7, 11) is -9.40. The van der Waals surface area contributed by atoms with Crippen LogP contribution in [0, 0.1) is 24.7 Å². The van der Waals surface area contributed by atoms with Crippen molar-refractivity contribution in [1.82, 2.24) is 0 Å². The van der Waals surface area contributed by atoms with Gasteiger partial charge in [0, 0.05) is 88.6 Å². The molecule has 3 aromatic carbocycles. The molecule has 0 atom stereocenters. The minimum atomic E-state index is -4.70. The number of nitrogens with zero attached hydrogens (tertiary/aromatic N) is 2. The van der Waals surface area contributed by atoms with Crippen LogP contribution in [0.15, 0.2) is 121 Å². The van der Waals surface area contributed by atoms with Crippen LogP contribution >= 0.6 is 11.8 Å². The maximum absolute atomic E-state index is 12.6. The zero-order valence-corrected chi connectivity index (χ0v) is 45.5. The van der Waals surface area contributed by atoms with Gasteiger partial charge in [-0.2, -0.15) is 4.58 Å². The van der Waals surface area contributed by atoms with Gasteiger partial charge in [-0.15, -0.1) is 24.7 Å². The third kappa shape index (κ3) is 13.7. The van der Waals surface area contributed by atoms with Crippen molar-refractivity contribution >= 4 is 66.6 Å². The molecule has 16 heteroatoms. The first-order valence-corrected chi connectivity index (χ1v) is 26.4. The van der Waals surface area contributed by atoms with E-state index in [2.05, 4.69) is 50.9 Å². The van der Waals surface area contributed by atoms with E-state index in [0.29, 0.717) is 31.6 Å². The molecule has 12 nitrogen and oxygen atoms in total. The molecular formula is C53H58KN3O9S3. The van der Waals surface area contributed by atoms with Gasteiger partial charge in [0.25, 0.3) is 0 Å². The smallest absolute Gasteiger partial charge is 0.744 e. The monoisotopic (exact) mass is 1020 g/mol.